The molecule has 1 aliphatic carbocycles. The number of aliphatic hydroxyl groups is 1. The lowest BCUT2D eigenvalue weighted by Crippen LogP contribution is -2.33. The Morgan fingerprint density at radius 2 is 1.79 bits per heavy atom. The second kappa shape index (κ2) is 13.1. The molecule has 0 saturated heterocycles. The van der Waals surface area contributed by atoms with E-state index in [0.29, 0.717) is 44.9 Å². The van der Waals surface area contributed by atoms with Gasteiger partial charge in [-0.1, -0.05) is 31.8 Å². The van der Waals surface area contributed by atoms with Crippen molar-refractivity contribution in [3.63, 3.8) is 0 Å². The van der Waals surface area contributed by atoms with Crippen LogP contribution in [0.5, 0.6) is 0 Å². The van der Waals surface area contributed by atoms with Crippen molar-refractivity contribution >= 4 is 11.8 Å². The van der Waals surface area contributed by atoms with Crippen LogP contribution in [0.15, 0.2) is 11.1 Å². The van der Waals surface area contributed by atoms with Crippen LogP contribution in [-0.4, -0.2) is 35.0 Å². The van der Waals surface area contributed by atoms with Crippen molar-refractivity contribution in [1.82, 2.24) is 0 Å². The molecule has 29 heavy (non-hydrogen) atoms. The predicted octanol–water partition coefficient (Wildman–Crippen LogP) is 5.90. The van der Waals surface area contributed by atoms with Gasteiger partial charge in [0.15, 0.2) is 5.78 Å². The largest absolute Gasteiger partial charge is 0.463 e. The van der Waals surface area contributed by atoms with Gasteiger partial charge in [-0.2, -0.15) is 0 Å². The van der Waals surface area contributed by atoms with Crippen molar-refractivity contribution in [2.45, 2.75) is 122 Å². The fourth-order valence-electron chi connectivity index (χ4n) is 3.70. The predicted molar refractivity (Wildman–Crippen MR) is 110 cm³/mol. The van der Waals surface area contributed by atoms with Crippen molar-refractivity contribution in [3.05, 3.63) is 11.1 Å². The Kier molecular flexibility index (Phi) is 11.6. The lowest BCUT2D eigenvalue weighted by atomic mass is 9.96. The molecule has 0 aromatic carbocycles. The lowest BCUT2D eigenvalue weighted by Gasteiger charge is -2.22. The normalized spacial score (nSPS) is 16.0. The zero-order chi connectivity index (χ0) is 21.9. The van der Waals surface area contributed by atoms with Gasteiger partial charge in [-0.3, -0.25) is 9.59 Å². The number of esters is 1. The van der Waals surface area contributed by atoms with Crippen molar-refractivity contribution in [2.75, 3.05) is 0 Å². The Hall–Kier alpha value is -1.30. The third-order valence-corrected chi connectivity index (χ3v) is 5.41. The number of hydrogen-bond acceptors (Lipinski definition) is 4. The van der Waals surface area contributed by atoms with Gasteiger partial charge < -0.3 is 9.84 Å². The van der Waals surface area contributed by atoms with Crippen LogP contribution in [0.4, 0.5) is 8.78 Å². The summed E-state index contributed by atoms with van der Waals surface area (Å²) in [5.74, 6) is -3.12. The average Bonchev–Trinajstić information content (AvgIpc) is 3.00. The van der Waals surface area contributed by atoms with Gasteiger partial charge in [0.25, 0.3) is 5.92 Å². The summed E-state index contributed by atoms with van der Waals surface area (Å²) in [4.78, 5) is 23.6. The molecule has 0 spiro atoms. The smallest absolute Gasteiger partial charge is 0.306 e. The quantitative estimate of drug-likeness (QED) is 0.266. The first-order valence-corrected chi connectivity index (χ1v) is 11.2. The second-order valence-corrected chi connectivity index (χ2v) is 8.38. The molecule has 1 unspecified atom stereocenters. The van der Waals surface area contributed by atoms with Crippen LogP contribution in [0.3, 0.4) is 0 Å². The summed E-state index contributed by atoms with van der Waals surface area (Å²) in [7, 11) is 0. The van der Waals surface area contributed by atoms with E-state index in [0.717, 1.165) is 36.8 Å². The molecule has 6 heteroatoms. The maximum absolute atomic E-state index is 13.9. The van der Waals surface area contributed by atoms with Crippen LogP contribution < -0.4 is 0 Å². The molecule has 0 radical (unpaired) electrons. The highest BCUT2D eigenvalue weighted by Gasteiger charge is 2.37. The molecule has 0 aromatic heterocycles. The number of carbonyl (C=O) groups excluding carboxylic acids is 2. The fraction of sp³-hybridized carbons (Fsp3) is 0.826. The first kappa shape index (κ1) is 25.7. The van der Waals surface area contributed by atoms with Gasteiger partial charge in [0.1, 0.15) is 6.10 Å². The molecular weight excluding hydrogens is 378 g/mol. The number of unbranched alkanes of at least 4 members (excludes halogenated alkanes) is 4. The van der Waals surface area contributed by atoms with Crippen LogP contribution in [-0.2, 0) is 14.3 Å². The number of carbonyl (C=O) groups is 2. The number of ether oxygens (including phenoxy) is 1. The minimum Gasteiger partial charge on any atom is -0.463 e. The zero-order valence-corrected chi connectivity index (χ0v) is 18.3. The monoisotopic (exact) mass is 416 g/mol. The Bertz CT molecular complexity index is 555. The highest BCUT2D eigenvalue weighted by Crippen LogP contribution is 2.34. The zero-order valence-electron chi connectivity index (χ0n) is 18.3. The number of ketones is 1. The second-order valence-electron chi connectivity index (χ2n) is 8.38. The first-order chi connectivity index (χ1) is 13.7. The summed E-state index contributed by atoms with van der Waals surface area (Å²) in [6.07, 6.45) is 4.98. The summed E-state index contributed by atoms with van der Waals surface area (Å²) in [6, 6.07) is 0. The molecule has 1 N–H and O–H groups in total. The van der Waals surface area contributed by atoms with Gasteiger partial charge in [-0.25, -0.2) is 8.78 Å². The Balaban J connectivity index is 2.37. The van der Waals surface area contributed by atoms with Crippen LogP contribution in [0.25, 0.3) is 0 Å². The van der Waals surface area contributed by atoms with E-state index in [-0.39, 0.29) is 30.7 Å². The van der Waals surface area contributed by atoms with Crippen molar-refractivity contribution in [3.8, 4) is 0 Å². The third-order valence-electron chi connectivity index (χ3n) is 5.41. The number of Topliss-reactive ketones (excluding diaryl/α,β-unsaturated/α-hetero) is 1. The topological polar surface area (TPSA) is 63.6 Å². The number of alkyl halides is 2. The fourth-order valence-corrected chi connectivity index (χ4v) is 3.70. The van der Waals surface area contributed by atoms with E-state index in [1.165, 1.54) is 0 Å². The van der Waals surface area contributed by atoms with Crippen LogP contribution in [0.2, 0.25) is 0 Å². The summed E-state index contributed by atoms with van der Waals surface area (Å²) < 4.78 is 33.0. The van der Waals surface area contributed by atoms with Gasteiger partial charge in [0.2, 0.25) is 0 Å². The highest BCUT2D eigenvalue weighted by atomic mass is 19.3. The van der Waals surface area contributed by atoms with Gasteiger partial charge in [-0.15, -0.1) is 0 Å². The summed E-state index contributed by atoms with van der Waals surface area (Å²) in [5, 5.41) is 9.89. The van der Waals surface area contributed by atoms with Crippen molar-refractivity contribution < 1.29 is 28.2 Å². The van der Waals surface area contributed by atoms with E-state index in [4.69, 9.17) is 4.74 Å². The van der Waals surface area contributed by atoms with E-state index in [1.54, 1.807) is 0 Å². The molecule has 1 rings (SSSR count). The third kappa shape index (κ3) is 9.83. The van der Waals surface area contributed by atoms with Crippen LogP contribution in [0, 0.1) is 0 Å². The number of allylic oxidation sites excluding steroid dienone is 2. The van der Waals surface area contributed by atoms with Crippen LogP contribution in [0.1, 0.15) is 104 Å². The van der Waals surface area contributed by atoms with Gasteiger partial charge >= 0.3 is 5.97 Å². The van der Waals surface area contributed by atoms with E-state index in [2.05, 4.69) is 0 Å². The molecular formula is C23H38F2O4. The Morgan fingerprint density at radius 3 is 2.45 bits per heavy atom. The number of hydrogen-bond donors (Lipinski definition) is 1. The molecule has 0 aliphatic heterocycles. The van der Waals surface area contributed by atoms with Gasteiger partial charge in [-0.05, 0) is 64.4 Å². The summed E-state index contributed by atoms with van der Waals surface area (Å²) in [5.41, 5.74) is 1.73. The number of rotatable bonds is 15. The lowest BCUT2D eigenvalue weighted by molar-refractivity contribution is -0.147. The molecule has 0 heterocycles. The van der Waals surface area contributed by atoms with E-state index in [9.17, 15) is 23.5 Å². The molecule has 1 atom stereocenters. The van der Waals surface area contributed by atoms with E-state index in [1.807, 2.05) is 20.8 Å². The highest BCUT2D eigenvalue weighted by molar-refractivity contribution is 5.98. The van der Waals surface area contributed by atoms with Crippen molar-refractivity contribution in [2.24, 2.45) is 0 Å². The van der Waals surface area contributed by atoms with Crippen molar-refractivity contribution in [1.29, 1.82) is 0 Å². The summed E-state index contributed by atoms with van der Waals surface area (Å²) in [6.45, 7) is 5.50. The molecule has 0 saturated carbocycles. The van der Waals surface area contributed by atoms with E-state index < -0.39 is 12.0 Å². The standard InChI is InChI=1S/C23H38F2O4/c1-4-5-16-23(24,25)21(27)15-13-18-12-14-20(26)19(18)10-8-6-7-9-11-22(28)29-17(2)3/h17,21,27H,4-16H2,1-3H3. The Labute approximate surface area is 174 Å². The molecule has 0 bridgehead atoms. The van der Waals surface area contributed by atoms with Gasteiger partial charge in [0.05, 0.1) is 6.10 Å². The maximum Gasteiger partial charge on any atom is 0.306 e. The molecule has 0 amide bonds. The molecule has 1 aliphatic rings. The number of aliphatic hydroxyl groups excluding tert-OH is 1. The minimum absolute atomic E-state index is 0.000784. The first-order valence-electron chi connectivity index (χ1n) is 11.2. The SMILES string of the molecule is CCCCC(F)(F)C(O)CCC1=C(CCCCCCC(=O)OC(C)C)C(=O)CC1. The molecule has 168 valence electrons. The average molecular weight is 417 g/mol. The summed E-state index contributed by atoms with van der Waals surface area (Å²) >= 11 is 0. The Morgan fingerprint density at radius 1 is 1.10 bits per heavy atom. The minimum atomic E-state index is -3.06. The van der Waals surface area contributed by atoms with Gasteiger partial charge in [0, 0.05) is 19.3 Å². The molecule has 0 fully saturated rings. The molecule has 0 aromatic rings. The maximum atomic E-state index is 13.9. The van der Waals surface area contributed by atoms with E-state index >= 15 is 0 Å². The molecule has 4 nitrogen and oxygen atoms in total. The number of halogens is 2. The van der Waals surface area contributed by atoms with Crippen LogP contribution >= 0.6 is 0 Å².